The van der Waals surface area contributed by atoms with Crippen LogP contribution in [0.3, 0.4) is 0 Å². The van der Waals surface area contributed by atoms with E-state index in [1.807, 2.05) is 13.8 Å². The van der Waals surface area contributed by atoms with E-state index >= 15 is 0 Å². The summed E-state index contributed by atoms with van der Waals surface area (Å²) < 4.78 is 5.38. The summed E-state index contributed by atoms with van der Waals surface area (Å²) in [7, 11) is 0. The van der Waals surface area contributed by atoms with Crippen LogP contribution in [0.15, 0.2) is 17.5 Å². The summed E-state index contributed by atoms with van der Waals surface area (Å²) >= 11 is 1.75. The highest BCUT2D eigenvalue weighted by molar-refractivity contribution is 7.09. The molecule has 7 heteroatoms. The minimum absolute atomic E-state index is 0.231. The Labute approximate surface area is 129 Å². The largest absolute Gasteiger partial charge is 0.464 e. The molecule has 1 unspecified atom stereocenters. The molecular formula is C14H21N5OS. The zero-order valence-electron chi connectivity index (χ0n) is 12.6. The molecule has 114 valence electrons. The average molecular weight is 307 g/mol. The van der Waals surface area contributed by atoms with Gasteiger partial charge in [-0.05, 0) is 32.2 Å². The maximum absolute atomic E-state index is 5.38. The molecule has 0 amide bonds. The molecule has 0 fully saturated rings. The molecule has 2 aromatic rings. The lowest BCUT2D eigenvalue weighted by molar-refractivity contribution is 0.312. The van der Waals surface area contributed by atoms with Crippen molar-refractivity contribution < 1.29 is 4.74 Å². The van der Waals surface area contributed by atoms with Crippen molar-refractivity contribution in [1.29, 1.82) is 0 Å². The summed E-state index contributed by atoms with van der Waals surface area (Å²) in [5, 5.41) is 8.47. The van der Waals surface area contributed by atoms with Crippen LogP contribution < -0.4 is 15.4 Å². The van der Waals surface area contributed by atoms with E-state index in [1.54, 1.807) is 11.3 Å². The summed E-state index contributed by atoms with van der Waals surface area (Å²) in [6.45, 7) is 7.29. The Balaban J connectivity index is 2.06. The molecule has 2 aromatic heterocycles. The first-order valence-corrected chi connectivity index (χ1v) is 8.00. The third kappa shape index (κ3) is 4.86. The minimum atomic E-state index is 0.231. The zero-order valence-corrected chi connectivity index (χ0v) is 13.4. The summed E-state index contributed by atoms with van der Waals surface area (Å²) in [6.07, 6.45) is 0.934. The first kappa shape index (κ1) is 15.5. The normalized spacial score (nSPS) is 12.0. The molecule has 0 spiro atoms. The average Bonchev–Trinajstić information content (AvgIpc) is 2.91. The first-order valence-electron chi connectivity index (χ1n) is 7.13. The van der Waals surface area contributed by atoms with Crippen molar-refractivity contribution >= 4 is 23.2 Å². The van der Waals surface area contributed by atoms with Gasteiger partial charge in [0, 0.05) is 23.9 Å². The number of nitrogens with one attached hydrogen (secondary N) is 2. The number of nitrogens with zero attached hydrogens (tertiary/aromatic N) is 3. The predicted molar refractivity (Wildman–Crippen MR) is 86.3 cm³/mol. The second-order valence-electron chi connectivity index (χ2n) is 4.56. The van der Waals surface area contributed by atoms with E-state index in [-0.39, 0.29) is 6.04 Å². The molecule has 0 radical (unpaired) electrons. The third-order valence-corrected chi connectivity index (χ3v) is 3.58. The highest BCUT2D eigenvalue weighted by Crippen LogP contribution is 2.15. The van der Waals surface area contributed by atoms with Crippen molar-refractivity contribution in [2.45, 2.75) is 33.2 Å². The van der Waals surface area contributed by atoms with E-state index < -0.39 is 0 Å². The predicted octanol–water partition coefficient (Wildman–Crippen LogP) is 2.81. The highest BCUT2D eigenvalue weighted by Gasteiger charge is 2.10. The molecule has 0 aliphatic carbocycles. The number of hydrogen-bond donors (Lipinski definition) is 2. The van der Waals surface area contributed by atoms with E-state index in [0.29, 0.717) is 24.5 Å². The van der Waals surface area contributed by atoms with Gasteiger partial charge in [-0.2, -0.15) is 15.0 Å². The topological polar surface area (TPSA) is 72.0 Å². The van der Waals surface area contributed by atoms with Crippen molar-refractivity contribution in [2.24, 2.45) is 0 Å². The molecule has 1 atom stereocenters. The molecule has 21 heavy (non-hydrogen) atoms. The number of rotatable bonds is 8. The molecule has 2 rings (SSSR count). The second kappa shape index (κ2) is 7.78. The van der Waals surface area contributed by atoms with Gasteiger partial charge in [0.25, 0.3) is 0 Å². The maximum Gasteiger partial charge on any atom is 0.323 e. The lowest BCUT2D eigenvalue weighted by Crippen LogP contribution is -2.20. The smallest absolute Gasteiger partial charge is 0.323 e. The van der Waals surface area contributed by atoms with Gasteiger partial charge in [-0.1, -0.05) is 6.07 Å². The van der Waals surface area contributed by atoms with Crippen LogP contribution in [0.4, 0.5) is 11.9 Å². The minimum Gasteiger partial charge on any atom is -0.464 e. The fourth-order valence-corrected chi connectivity index (χ4v) is 2.69. The second-order valence-corrected chi connectivity index (χ2v) is 5.59. The summed E-state index contributed by atoms with van der Waals surface area (Å²) in [5.74, 6) is 1.07. The van der Waals surface area contributed by atoms with Crippen molar-refractivity contribution in [2.75, 3.05) is 23.8 Å². The third-order valence-electron chi connectivity index (χ3n) is 2.69. The molecule has 2 N–H and O–H groups in total. The standard InChI is InChI=1S/C14H21N5OS/c1-4-15-12-17-13(19-14(18-12)20-5-2)16-10(3)9-11-7-6-8-21-11/h6-8,10H,4-5,9H2,1-3H3,(H2,15,16,17,18,19). The number of thiophene rings is 1. The van der Waals surface area contributed by atoms with E-state index in [2.05, 4.69) is 50.0 Å². The quantitative estimate of drug-likeness (QED) is 0.781. The molecule has 6 nitrogen and oxygen atoms in total. The Bertz CT molecular complexity index is 522. The van der Waals surface area contributed by atoms with Crippen molar-refractivity contribution in [3.63, 3.8) is 0 Å². The molecule has 0 saturated carbocycles. The van der Waals surface area contributed by atoms with Crippen LogP contribution in [0.25, 0.3) is 0 Å². The molecule has 0 aliphatic rings. The molecule has 2 heterocycles. The van der Waals surface area contributed by atoms with Crippen LogP contribution in [0.5, 0.6) is 6.01 Å². The van der Waals surface area contributed by atoms with Gasteiger partial charge < -0.3 is 15.4 Å². The first-order chi connectivity index (χ1) is 10.2. The van der Waals surface area contributed by atoms with Crippen molar-refractivity contribution in [3.05, 3.63) is 22.4 Å². The van der Waals surface area contributed by atoms with Gasteiger partial charge >= 0.3 is 6.01 Å². The highest BCUT2D eigenvalue weighted by atomic mass is 32.1. The molecule has 0 saturated heterocycles. The number of ether oxygens (including phenoxy) is 1. The van der Waals surface area contributed by atoms with Crippen LogP contribution in [-0.2, 0) is 6.42 Å². The van der Waals surface area contributed by atoms with E-state index in [0.717, 1.165) is 13.0 Å². The Morgan fingerprint density at radius 2 is 2.05 bits per heavy atom. The van der Waals surface area contributed by atoms with Crippen LogP contribution in [-0.4, -0.2) is 34.1 Å². The fraction of sp³-hybridized carbons (Fsp3) is 0.500. The lowest BCUT2D eigenvalue weighted by Gasteiger charge is -2.14. The van der Waals surface area contributed by atoms with Crippen molar-refractivity contribution in [3.8, 4) is 6.01 Å². The van der Waals surface area contributed by atoms with E-state index in [1.165, 1.54) is 4.88 Å². The van der Waals surface area contributed by atoms with Crippen LogP contribution in [0.1, 0.15) is 25.6 Å². The lowest BCUT2D eigenvalue weighted by atomic mass is 10.2. The van der Waals surface area contributed by atoms with Crippen LogP contribution in [0.2, 0.25) is 0 Å². The number of anilines is 2. The number of aromatic nitrogens is 3. The van der Waals surface area contributed by atoms with Gasteiger partial charge in [-0.25, -0.2) is 0 Å². The van der Waals surface area contributed by atoms with Gasteiger partial charge in [0.15, 0.2) is 0 Å². The van der Waals surface area contributed by atoms with Gasteiger partial charge in [0.2, 0.25) is 11.9 Å². The van der Waals surface area contributed by atoms with Crippen LogP contribution in [0, 0.1) is 0 Å². The molecule has 0 bridgehead atoms. The maximum atomic E-state index is 5.38. The molecular weight excluding hydrogens is 286 g/mol. The monoisotopic (exact) mass is 307 g/mol. The van der Waals surface area contributed by atoms with Gasteiger partial charge in [-0.15, -0.1) is 11.3 Å². The Morgan fingerprint density at radius 1 is 1.24 bits per heavy atom. The SMILES string of the molecule is CCNc1nc(NC(C)Cc2cccs2)nc(OCC)n1. The zero-order chi connectivity index (χ0) is 15.1. The Morgan fingerprint density at radius 3 is 2.71 bits per heavy atom. The Kier molecular flexibility index (Phi) is 5.74. The summed E-state index contributed by atoms with van der Waals surface area (Å²) in [4.78, 5) is 14.2. The van der Waals surface area contributed by atoms with Crippen LogP contribution >= 0.6 is 11.3 Å². The fourth-order valence-electron chi connectivity index (χ4n) is 1.85. The van der Waals surface area contributed by atoms with E-state index in [4.69, 9.17) is 4.74 Å². The molecule has 0 aromatic carbocycles. The number of hydrogen-bond acceptors (Lipinski definition) is 7. The van der Waals surface area contributed by atoms with Gasteiger partial charge in [0.1, 0.15) is 0 Å². The summed E-state index contributed by atoms with van der Waals surface area (Å²) in [6, 6.07) is 4.77. The van der Waals surface area contributed by atoms with Gasteiger partial charge in [-0.3, -0.25) is 0 Å². The van der Waals surface area contributed by atoms with Crippen molar-refractivity contribution in [1.82, 2.24) is 15.0 Å². The Hall–Kier alpha value is -1.89. The van der Waals surface area contributed by atoms with Gasteiger partial charge in [0.05, 0.1) is 6.61 Å². The molecule has 0 aliphatic heterocycles. The summed E-state index contributed by atoms with van der Waals surface area (Å²) in [5.41, 5.74) is 0. The van der Waals surface area contributed by atoms with E-state index in [9.17, 15) is 0 Å².